The Morgan fingerprint density at radius 1 is 1.18 bits per heavy atom. The molecule has 0 saturated heterocycles. The van der Waals surface area contributed by atoms with Gasteiger partial charge in [-0.2, -0.15) is 5.10 Å². The predicted molar refractivity (Wildman–Crippen MR) is 102 cm³/mol. The lowest BCUT2D eigenvalue weighted by atomic mass is 9.95. The summed E-state index contributed by atoms with van der Waals surface area (Å²) in [5.74, 6) is 0.476. The van der Waals surface area contributed by atoms with Crippen LogP contribution in [0, 0.1) is 5.82 Å². The van der Waals surface area contributed by atoms with Crippen LogP contribution in [0.5, 0.6) is 0 Å². The van der Waals surface area contributed by atoms with Gasteiger partial charge in [-0.1, -0.05) is 0 Å². The molecule has 1 amide bonds. The topological polar surface area (TPSA) is 51.3 Å². The Morgan fingerprint density at radius 3 is 2.68 bits per heavy atom. The summed E-state index contributed by atoms with van der Waals surface area (Å²) in [6.07, 6.45) is 7.55. The molecule has 2 heterocycles. The number of carbonyl (C=O) groups excluding carboxylic acids is 1. The van der Waals surface area contributed by atoms with E-state index in [1.807, 2.05) is 21.7 Å². The number of amides is 1. The van der Waals surface area contributed by atoms with Crippen molar-refractivity contribution in [1.82, 2.24) is 14.7 Å². The highest BCUT2D eigenvalue weighted by atomic mass is 19.1. The molecule has 2 aliphatic carbocycles. The number of rotatable bonds is 5. The maximum atomic E-state index is 13.5. The maximum absolute atomic E-state index is 13.5. The molecular formula is C22H22FN3O2. The molecule has 28 heavy (non-hydrogen) atoms. The Morgan fingerprint density at radius 2 is 1.96 bits per heavy atom. The van der Waals surface area contributed by atoms with Crippen molar-refractivity contribution in [2.24, 2.45) is 0 Å². The third kappa shape index (κ3) is 3.13. The van der Waals surface area contributed by atoms with Gasteiger partial charge in [0.15, 0.2) is 5.69 Å². The lowest BCUT2D eigenvalue weighted by Crippen LogP contribution is -2.33. The molecule has 0 atom stereocenters. The number of halogens is 1. The summed E-state index contributed by atoms with van der Waals surface area (Å²) < 4.78 is 20.7. The van der Waals surface area contributed by atoms with Crippen LogP contribution in [-0.4, -0.2) is 26.6 Å². The molecule has 0 spiro atoms. The first-order chi connectivity index (χ1) is 13.7. The highest BCUT2D eigenvalue weighted by Gasteiger charge is 2.37. The van der Waals surface area contributed by atoms with Gasteiger partial charge in [0, 0.05) is 17.3 Å². The molecule has 0 radical (unpaired) electrons. The SMILES string of the molecule is O=C(c1nn(-c2ccc(F)cc2)c2c1CCCC2)N(Cc1ccco1)C1CC1. The standard InChI is InChI=1S/C22H22FN3O2/c23-15-7-9-17(10-8-15)26-20-6-2-1-5-19(20)21(24-26)22(27)25(16-11-12-16)14-18-4-3-13-28-18/h3-4,7-10,13,16H,1-2,5-6,11-12,14H2. The molecule has 1 saturated carbocycles. The molecule has 1 fully saturated rings. The molecule has 0 N–H and O–H groups in total. The van der Waals surface area contributed by atoms with E-state index in [4.69, 9.17) is 9.52 Å². The molecule has 5 rings (SSSR count). The monoisotopic (exact) mass is 379 g/mol. The Kier molecular flexibility index (Phi) is 4.26. The summed E-state index contributed by atoms with van der Waals surface area (Å²) in [7, 11) is 0. The van der Waals surface area contributed by atoms with Gasteiger partial charge in [0.25, 0.3) is 5.91 Å². The van der Waals surface area contributed by atoms with E-state index in [1.54, 1.807) is 18.4 Å². The number of fused-ring (bicyclic) bond motifs is 1. The molecule has 2 aromatic heterocycles. The first-order valence-electron chi connectivity index (χ1n) is 9.91. The van der Waals surface area contributed by atoms with Crippen LogP contribution in [0.15, 0.2) is 47.1 Å². The molecule has 6 heteroatoms. The van der Waals surface area contributed by atoms with E-state index in [0.29, 0.717) is 12.2 Å². The molecule has 3 aromatic rings. The summed E-state index contributed by atoms with van der Waals surface area (Å²) in [6, 6.07) is 10.3. The van der Waals surface area contributed by atoms with Crippen LogP contribution in [-0.2, 0) is 19.4 Å². The van der Waals surface area contributed by atoms with E-state index in [0.717, 1.165) is 61.2 Å². The highest BCUT2D eigenvalue weighted by Crippen LogP contribution is 2.33. The van der Waals surface area contributed by atoms with E-state index in [2.05, 4.69) is 0 Å². The molecule has 0 aliphatic heterocycles. The van der Waals surface area contributed by atoms with Crippen LogP contribution < -0.4 is 0 Å². The van der Waals surface area contributed by atoms with Crippen molar-refractivity contribution >= 4 is 5.91 Å². The molecule has 2 aliphatic rings. The van der Waals surface area contributed by atoms with Gasteiger partial charge >= 0.3 is 0 Å². The smallest absolute Gasteiger partial charge is 0.275 e. The summed E-state index contributed by atoms with van der Waals surface area (Å²) in [6.45, 7) is 0.467. The van der Waals surface area contributed by atoms with Crippen molar-refractivity contribution in [3.63, 3.8) is 0 Å². The summed E-state index contributed by atoms with van der Waals surface area (Å²) >= 11 is 0. The van der Waals surface area contributed by atoms with E-state index in [1.165, 1.54) is 12.1 Å². The highest BCUT2D eigenvalue weighted by molar-refractivity contribution is 5.94. The summed E-state index contributed by atoms with van der Waals surface area (Å²) in [5, 5.41) is 4.72. The van der Waals surface area contributed by atoms with Crippen molar-refractivity contribution in [3.05, 3.63) is 71.2 Å². The molecule has 5 nitrogen and oxygen atoms in total. The third-order valence-electron chi connectivity index (χ3n) is 5.61. The zero-order chi connectivity index (χ0) is 19.1. The lowest BCUT2D eigenvalue weighted by molar-refractivity contribution is 0.0710. The zero-order valence-corrected chi connectivity index (χ0v) is 15.6. The van der Waals surface area contributed by atoms with Crippen LogP contribution >= 0.6 is 0 Å². The Balaban J connectivity index is 1.53. The van der Waals surface area contributed by atoms with Crippen LogP contribution in [0.4, 0.5) is 4.39 Å². The third-order valence-corrected chi connectivity index (χ3v) is 5.61. The average Bonchev–Trinajstić information content (AvgIpc) is 3.29. The van der Waals surface area contributed by atoms with Crippen molar-refractivity contribution in [3.8, 4) is 5.69 Å². The number of hydrogen-bond acceptors (Lipinski definition) is 3. The van der Waals surface area contributed by atoms with Crippen LogP contribution in [0.1, 0.15) is 53.2 Å². The van der Waals surface area contributed by atoms with Gasteiger partial charge < -0.3 is 9.32 Å². The summed E-state index contributed by atoms with van der Waals surface area (Å²) in [4.78, 5) is 15.4. The Bertz CT molecular complexity index is 988. The largest absolute Gasteiger partial charge is 0.467 e. The van der Waals surface area contributed by atoms with Crippen molar-refractivity contribution in [2.45, 2.75) is 51.1 Å². The minimum Gasteiger partial charge on any atom is -0.467 e. The fourth-order valence-electron chi connectivity index (χ4n) is 4.03. The number of benzene rings is 1. The van der Waals surface area contributed by atoms with Gasteiger partial charge in [-0.3, -0.25) is 4.79 Å². The second-order valence-corrected chi connectivity index (χ2v) is 7.61. The fraction of sp³-hybridized carbons (Fsp3) is 0.364. The van der Waals surface area contributed by atoms with E-state index in [9.17, 15) is 9.18 Å². The normalized spacial score (nSPS) is 16.0. The van der Waals surface area contributed by atoms with Gasteiger partial charge in [0.05, 0.1) is 18.5 Å². The average molecular weight is 379 g/mol. The predicted octanol–water partition coefficient (Wildman–Crippen LogP) is 4.29. The number of hydrogen-bond donors (Lipinski definition) is 0. The Hall–Kier alpha value is -2.89. The van der Waals surface area contributed by atoms with Crippen molar-refractivity contribution < 1.29 is 13.6 Å². The number of aromatic nitrogens is 2. The lowest BCUT2D eigenvalue weighted by Gasteiger charge is -2.21. The minimum absolute atomic E-state index is 0.0297. The molecule has 144 valence electrons. The van der Waals surface area contributed by atoms with E-state index in [-0.39, 0.29) is 17.8 Å². The van der Waals surface area contributed by atoms with Crippen LogP contribution in [0.2, 0.25) is 0 Å². The van der Waals surface area contributed by atoms with E-state index >= 15 is 0 Å². The Labute approximate surface area is 162 Å². The zero-order valence-electron chi connectivity index (χ0n) is 15.6. The molecular weight excluding hydrogens is 357 g/mol. The quantitative estimate of drug-likeness (QED) is 0.665. The summed E-state index contributed by atoms with van der Waals surface area (Å²) in [5.41, 5.74) is 3.46. The second kappa shape index (κ2) is 6.93. The molecule has 0 unspecified atom stereocenters. The number of furan rings is 1. The van der Waals surface area contributed by atoms with Gasteiger partial charge in [-0.05, 0) is 74.9 Å². The number of nitrogens with zero attached hydrogens (tertiary/aromatic N) is 3. The number of carbonyl (C=O) groups is 1. The van der Waals surface area contributed by atoms with Gasteiger partial charge in [0.2, 0.25) is 0 Å². The van der Waals surface area contributed by atoms with Crippen LogP contribution in [0.3, 0.4) is 0 Å². The molecule has 1 aromatic carbocycles. The van der Waals surface area contributed by atoms with Gasteiger partial charge in [-0.15, -0.1) is 0 Å². The van der Waals surface area contributed by atoms with Crippen molar-refractivity contribution in [2.75, 3.05) is 0 Å². The minimum atomic E-state index is -0.278. The maximum Gasteiger partial charge on any atom is 0.275 e. The first kappa shape index (κ1) is 17.2. The van der Waals surface area contributed by atoms with Crippen molar-refractivity contribution in [1.29, 1.82) is 0 Å². The van der Waals surface area contributed by atoms with E-state index < -0.39 is 0 Å². The molecule has 0 bridgehead atoms. The second-order valence-electron chi connectivity index (χ2n) is 7.61. The first-order valence-corrected chi connectivity index (χ1v) is 9.91. The van der Waals surface area contributed by atoms with Crippen LogP contribution in [0.25, 0.3) is 5.69 Å². The van der Waals surface area contributed by atoms with Gasteiger partial charge in [0.1, 0.15) is 11.6 Å². The fourth-order valence-corrected chi connectivity index (χ4v) is 4.03. The van der Waals surface area contributed by atoms with Gasteiger partial charge in [-0.25, -0.2) is 9.07 Å².